The first kappa shape index (κ1) is 10.2. The van der Waals surface area contributed by atoms with Gasteiger partial charge in [0, 0.05) is 5.75 Å². The summed E-state index contributed by atoms with van der Waals surface area (Å²) in [5, 5.41) is 3.17. The number of rotatable bonds is 1. The highest BCUT2D eigenvalue weighted by molar-refractivity contribution is 8.15. The minimum absolute atomic E-state index is 0.125. The summed E-state index contributed by atoms with van der Waals surface area (Å²) < 4.78 is 0. The van der Waals surface area contributed by atoms with E-state index < -0.39 is 0 Å². The van der Waals surface area contributed by atoms with Crippen molar-refractivity contribution in [3.05, 3.63) is 41.3 Å². The Bertz CT molecular complexity index is 480. The quantitative estimate of drug-likeness (QED) is 0.756. The summed E-state index contributed by atoms with van der Waals surface area (Å²) >= 11 is 3.40. The van der Waals surface area contributed by atoms with Crippen molar-refractivity contribution < 1.29 is 0 Å². The van der Waals surface area contributed by atoms with Crippen LogP contribution in [0.4, 0.5) is 5.69 Å². The molecule has 0 radical (unpaired) electrons. The first-order valence-electron chi connectivity index (χ1n) is 5.06. The van der Waals surface area contributed by atoms with Crippen LogP contribution >= 0.6 is 23.5 Å². The number of para-hydroxylation sites is 1. The second kappa shape index (κ2) is 4.47. The summed E-state index contributed by atoms with van der Waals surface area (Å²) in [6.07, 6.45) is 2.10. The van der Waals surface area contributed by atoms with Crippen LogP contribution in [0, 0.1) is 0 Å². The largest absolute Gasteiger partial charge is 0.272 e. The molecule has 80 valence electrons. The fourth-order valence-electron chi connectivity index (χ4n) is 1.65. The van der Waals surface area contributed by atoms with E-state index in [-0.39, 0.29) is 6.04 Å². The molecule has 1 unspecified atom stereocenters. The molecule has 16 heavy (non-hydrogen) atoms. The van der Waals surface area contributed by atoms with Crippen molar-refractivity contribution in [2.45, 2.75) is 11.8 Å². The summed E-state index contributed by atoms with van der Waals surface area (Å²) in [5.41, 5.74) is 4.29. The molecule has 4 heteroatoms. The predicted molar refractivity (Wildman–Crippen MR) is 73.8 cm³/mol. The van der Waals surface area contributed by atoms with Crippen molar-refractivity contribution in [2.75, 3.05) is 0 Å². The fourth-order valence-corrected chi connectivity index (χ4v) is 3.18. The number of nitrogens with zero attached hydrogens (tertiary/aromatic N) is 2. The molecule has 0 aliphatic carbocycles. The third kappa shape index (κ3) is 1.95. The van der Waals surface area contributed by atoms with Crippen LogP contribution < -0.4 is 0 Å². The van der Waals surface area contributed by atoms with Crippen molar-refractivity contribution in [3.63, 3.8) is 0 Å². The molecule has 0 fully saturated rings. The van der Waals surface area contributed by atoms with Gasteiger partial charge in [0.05, 0.1) is 11.2 Å². The minimum Gasteiger partial charge on any atom is -0.272 e. The number of hydrogen-bond acceptors (Lipinski definition) is 4. The lowest BCUT2D eigenvalue weighted by Crippen LogP contribution is -2.16. The molecule has 3 rings (SSSR count). The SMILES string of the molecule is C1=CC(C2=Nc3ccccc3CS2)N=CS1. The Morgan fingerprint density at radius 2 is 2.19 bits per heavy atom. The molecule has 1 atom stereocenters. The van der Waals surface area contributed by atoms with Crippen molar-refractivity contribution in [1.29, 1.82) is 0 Å². The molecule has 1 aromatic carbocycles. The van der Waals surface area contributed by atoms with Gasteiger partial charge in [0.1, 0.15) is 11.1 Å². The zero-order valence-corrected chi connectivity index (χ0v) is 10.2. The summed E-state index contributed by atoms with van der Waals surface area (Å²) in [5.74, 6) is 1.00. The Morgan fingerprint density at radius 1 is 1.25 bits per heavy atom. The molecule has 2 heterocycles. The van der Waals surface area contributed by atoms with Crippen LogP contribution in [-0.2, 0) is 5.75 Å². The molecule has 0 aromatic heterocycles. The number of hydrogen-bond donors (Lipinski definition) is 0. The highest BCUT2D eigenvalue weighted by Crippen LogP contribution is 2.33. The number of thioether (sulfide) groups is 2. The Balaban J connectivity index is 1.94. The first-order valence-corrected chi connectivity index (χ1v) is 6.99. The van der Waals surface area contributed by atoms with Gasteiger partial charge >= 0.3 is 0 Å². The van der Waals surface area contributed by atoms with Gasteiger partial charge in [-0.25, -0.2) is 4.99 Å². The first-order chi connectivity index (χ1) is 7.93. The molecule has 0 amide bonds. The van der Waals surface area contributed by atoms with Gasteiger partial charge in [-0.3, -0.25) is 4.99 Å². The average Bonchev–Trinajstić information content (AvgIpc) is 2.39. The van der Waals surface area contributed by atoms with E-state index >= 15 is 0 Å². The molecular weight excluding hydrogens is 236 g/mol. The maximum Gasteiger partial charge on any atom is 0.118 e. The average molecular weight is 246 g/mol. The standard InChI is InChI=1S/C12H10N2S2/c1-2-4-10-9(3-1)7-16-12(14-10)11-5-6-15-8-13-11/h1-6,8,11H,7H2. The summed E-state index contributed by atoms with van der Waals surface area (Å²) in [6, 6.07) is 8.43. The van der Waals surface area contributed by atoms with E-state index in [1.807, 2.05) is 11.6 Å². The number of aliphatic imine (C=N–C) groups is 2. The molecule has 0 saturated heterocycles. The van der Waals surface area contributed by atoms with Crippen molar-refractivity contribution in [2.24, 2.45) is 9.98 Å². The number of fused-ring (bicyclic) bond motifs is 1. The van der Waals surface area contributed by atoms with Gasteiger partial charge in [0.2, 0.25) is 0 Å². The topological polar surface area (TPSA) is 24.7 Å². The van der Waals surface area contributed by atoms with Crippen LogP contribution in [0.2, 0.25) is 0 Å². The third-order valence-electron chi connectivity index (χ3n) is 2.47. The van der Waals surface area contributed by atoms with Crippen molar-refractivity contribution in [1.82, 2.24) is 0 Å². The highest BCUT2D eigenvalue weighted by atomic mass is 32.2. The van der Waals surface area contributed by atoms with Gasteiger partial charge < -0.3 is 0 Å². The second-order valence-corrected chi connectivity index (χ2v) is 5.28. The zero-order valence-electron chi connectivity index (χ0n) is 8.54. The lowest BCUT2D eigenvalue weighted by molar-refractivity contribution is 1.10. The van der Waals surface area contributed by atoms with Gasteiger partial charge in [0.15, 0.2) is 0 Å². The lowest BCUT2D eigenvalue weighted by atomic mass is 10.2. The summed E-state index contributed by atoms with van der Waals surface area (Å²) in [6.45, 7) is 0. The van der Waals surface area contributed by atoms with Crippen LogP contribution in [-0.4, -0.2) is 16.6 Å². The molecule has 2 nitrogen and oxygen atoms in total. The van der Waals surface area contributed by atoms with Crippen LogP contribution in [0.5, 0.6) is 0 Å². The minimum atomic E-state index is 0.125. The molecule has 0 spiro atoms. The fraction of sp³-hybridized carbons (Fsp3) is 0.167. The molecule has 1 aromatic rings. The Morgan fingerprint density at radius 3 is 3.06 bits per heavy atom. The van der Waals surface area contributed by atoms with Gasteiger partial charge in [-0.05, 0) is 23.1 Å². The third-order valence-corrected chi connectivity index (χ3v) is 4.11. The maximum absolute atomic E-state index is 4.67. The second-order valence-electron chi connectivity index (χ2n) is 3.53. The molecule has 2 aliphatic heterocycles. The van der Waals surface area contributed by atoms with Gasteiger partial charge in [-0.2, -0.15) is 0 Å². The number of benzene rings is 1. The smallest absolute Gasteiger partial charge is 0.118 e. The monoisotopic (exact) mass is 246 g/mol. The van der Waals surface area contributed by atoms with E-state index in [1.54, 1.807) is 23.5 Å². The van der Waals surface area contributed by atoms with E-state index in [0.717, 1.165) is 16.5 Å². The van der Waals surface area contributed by atoms with Crippen LogP contribution in [0.3, 0.4) is 0 Å². The van der Waals surface area contributed by atoms with E-state index in [4.69, 9.17) is 0 Å². The zero-order chi connectivity index (χ0) is 10.8. The van der Waals surface area contributed by atoms with E-state index in [2.05, 4.69) is 39.7 Å². The van der Waals surface area contributed by atoms with E-state index in [9.17, 15) is 0 Å². The van der Waals surface area contributed by atoms with Crippen LogP contribution in [0.25, 0.3) is 0 Å². The van der Waals surface area contributed by atoms with Crippen LogP contribution in [0.15, 0.2) is 45.7 Å². The molecule has 0 N–H and O–H groups in total. The Hall–Kier alpha value is -1.00. The normalized spacial score (nSPS) is 22.8. The molecular formula is C12H10N2S2. The molecule has 2 aliphatic rings. The van der Waals surface area contributed by atoms with Gasteiger partial charge in [-0.15, -0.1) is 11.8 Å². The predicted octanol–water partition coefficient (Wildman–Crippen LogP) is 3.62. The van der Waals surface area contributed by atoms with Gasteiger partial charge in [-0.1, -0.05) is 30.0 Å². The lowest BCUT2D eigenvalue weighted by Gasteiger charge is -2.18. The van der Waals surface area contributed by atoms with Crippen molar-refractivity contribution in [3.8, 4) is 0 Å². The summed E-state index contributed by atoms with van der Waals surface area (Å²) in [7, 11) is 0. The highest BCUT2D eigenvalue weighted by Gasteiger charge is 2.18. The molecule has 0 bridgehead atoms. The van der Waals surface area contributed by atoms with E-state index in [1.165, 1.54) is 5.56 Å². The Labute approximate surface area is 103 Å². The van der Waals surface area contributed by atoms with Crippen LogP contribution in [0.1, 0.15) is 5.56 Å². The molecule has 0 saturated carbocycles. The summed E-state index contributed by atoms with van der Waals surface area (Å²) in [4.78, 5) is 9.10. The van der Waals surface area contributed by atoms with Crippen molar-refractivity contribution >= 4 is 39.8 Å². The van der Waals surface area contributed by atoms with Gasteiger partial charge in [0.25, 0.3) is 0 Å². The maximum atomic E-state index is 4.67. The van der Waals surface area contributed by atoms with E-state index in [0.29, 0.717) is 0 Å². The Kier molecular flexibility index (Phi) is 2.84.